The number of carbonyl (C=O) groups excluding carboxylic acids is 1. The largest absolute Gasteiger partial charge is 0.485 e. The molecule has 34 heavy (non-hydrogen) atoms. The van der Waals surface area contributed by atoms with Gasteiger partial charge in [0.1, 0.15) is 36.2 Å². The molecule has 0 saturated carbocycles. The Hall–Kier alpha value is -3.85. The van der Waals surface area contributed by atoms with E-state index in [4.69, 9.17) is 9.47 Å². The number of amides is 1. The molecule has 9 nitrogen and oxygen atoms in total. The van der Waals surface area contributed by atoms with E-state index in [0.29, 0.717) is 36.2 Å². The molecule has 0 spiro atoms. The zero-order chi connectivity index (χ0) is 24.0. The number of ether oxygens (including phenoxy) is 2. The van der Waals surface area contributed by atoms with Crippen LogP contribution in [0.25, 0.3) is 11.1 Å². The van der Waals surface area contributed by atoms with Gasteiger partial charge in [-0.2, -0.15) is 0 Å². The summed E-state index contributed by atoms with van der Waals surface area (Å²) in [5.74, 6) is 1.76. The highest BCUT2D eigenvalue weighted by Crippen LogP contribution is 2.43. The van der Waals surface area contributed by atoms with Crippen molar-refractivity contribution in [2.45, 2.75) is 26.2 Å². The van der Waals surface area contributed by atoms with E-state index in [0.717, 1.165) is 28.1 Å². The molecule has 1 amide bonds. The van der Waals surface area contributed by atoms with E-state index < -0.39 is 6.23 Å². The van der Waals surface area contributed by atoms with Crippen LogP contribution in [0.4, 0.5) is 17.2 Å². The number of hydrogen-bond acceptors (Lipinski definition) is 8. The van der Waals surface area contributed by atoms with Crippen molar-refractivity contribution >= 4 is 23.1 Å². The highest BCUT2D eigenvalue weighted by molar-refractivity contribution is 5.95. The van der Waals surface area contributed by atoms with Gasteiger partial charge in [0.25, 0.3) is 5.91 Å². The molecular weight excluding hydrogens is 434 g/mol. The molecule has 2 aromatic heterocycles. The minimum absolute atomic E-state index is 0.0688. The Kier molecular flexibility index (Phi) is 5.49. The van der Waals surface area contributed by atoms with Gasteiger partial charge in [0, 0.05) is 42.5 Å². The van der Waals surface area contributed by atoms with Gasteiger partial charge in [-0.25, -0.2) is 9.97 Å². The van der Waals surface area contributed by atoms with Crippen LogP contribution in [-0.4, -0.2) is 59.4 Å². The SMILES string of the molecule is CC1Oc2cc(C(=O)N(C)C)ccc2-c2cnc(Nc3cnc4c(c3)N(C(C)O)CCO4)cc21. The van der Waals surface area contributed by atoms with E-state index in [-0.39, 0.29) is 12.0 Å². The maximum Gasteiger partial charge on any atom is 0.253 e. The van der Waals surface area contributed by atoms with E-state index in [1.807, 2.05) is 42.3 Å². The van der Waals surface area contributed by atoms with Crippen LogP contribution >= 0.6 is 0 Å². The predicted molar refractivity (Wildman–Crippen MR) is 129 cm³/mol. The second-order valence-electron chi connectivity index (χ2n) is 8.67. The molecule has 2 N–H and O–H groups in total. The molecule has 1 aromatic carbocycles. The lowest BCUT2D eigenvalue weighted by Gasteiger charge is -2.32. The lowest BCUT2D eigenvalue weighted by molar-refractivity contribution is 0.0826. The molecule has 2 atom stereocenters. The van der Waals surface area contributed by atoms with Gasteiger partial charge in [-0.15, -0.1) is 0 Å². The third-order valence-corrected chi connectivity index (χ3v) is 6.04. The quantitative estimate of drug-likeness (QED) is 0.608. The normalized spacial score (nSPS) is 16.9. The third kappa shape index (κ3) is 3.88. The zero-order valence-corrected chi connectivity index (χ0v) is 19.6. The van der Waals surface area contributed by atoms with Crippen LogP contribution in [0.1, 0.15) is 35.9 Å². The van der Waals surface area contributed by atoms with Crippen molar-refractivity contribution in [1.82, 2.24) is 14.9 Å². The Labute approximate surface area is 198 Å². The lowest BCUT2D eigenvalue weighted by atomic mass is 9.94. The molecule has 0 saturated heterocycles. The van der Waals surface area contributed by atoms with Crippen molar-refractivity contribution in [1.29, 1.82) is 0 Å². The Morgan fingerprint density at radius 1 is 1.21 bits per heavy atom. The summed E-state index contributed by atoms with van der Waals surface area (Å²) in [6.45, 7) is 4.76. The predicted octanol–water partition coefficient (Wildman–Crippen LogP) is 3.58. The second kappa shape index (κ2) is 8.49. The number of carbonyl (C=O) groups is 1. The fourth-order valence-corrected chi connectivity index (χ4v) is 4.31. The van der Waals surface area contributed by atoms with E-state index in [1.54, 1.807) is 38.2 Å². The van der Waals surface area contributed by atoms with Crippen molar-refractivity contribution in [3.63, 3.8) is 0 Å². The van der Waals surface area contributed by atoms with Crippen LogP contribution in [0, 0.1) is 0 Å². The number of nitrogens with one attached hydrogen (secondary N) is 1. The maximum absolute atomic E-state index is 12.3. The minimum atomic E-state index is -0.645. The molecule has 0 aliphatic carbocycles. The number of pyridine rings is 2. The van der Waals surface area contributed by atoms with Crippen LogP contribution < -0.4 is 19.7 Å². The first-order valence-electron chi connectivity index (χ1n) is 11.2. The molecule has 0 fully saturated rings. The molecule has 5 rings (SSSR count). The number of benzene rings is 1. The Morgan fingerprint density at radius 2 is 2.03 bits per heavy atom. The summed E-state index contributed by atoms with van der Waals surface area (Å²) in [7, 11) is 3.46. The molecule has 176 valence electrons. The summed E-state index contributed by atoms with van der Waals surface area (Å²) in [4.78, 5) is 24.7. The van der Waals surface area contributed by atoms with Gasteiger partial charge in [0.05, 0.1) is 18.4 Å². The molecule has 2 aliphatic heterocycles. The number of aliphatic hydroxyl groups excluding tert-OH is 1. The maximum atomic E-state index is 12.3. The average molecular weight is 462 g/mol. The number of anilines is 3. The molecule has 0 radical (unpaired) electrons. The summed E-state index contributed by atoms with van der Waals surface area (Å²) in [5.41, 5.74) is 4.93. The van der Waals surface area contributed by atoms with Crippen LogP contribution in [0.3, 0.4) is 0 Å². The monoisotopic (exact) mass is 461 g/mol. The molecule has 3 aromatic rings. The third-order valence-electron chi connectivity index (χ3n) is 6.04. The molecule has 2 unspecified atom stereocenters. The van der Waals surface area contributed by atoms with Crippen LogP contribution in [0.5, 0.6) is 11.6 Å². The first-order valence-corrected chi connectivity index (χ1v) is 11.2. The van der Waals surface area contributed by atoms with Gasteiger partial charge in [0.15, 0.2) is 0 Å². The first kappa shape index (κ1) is 22.0. The summed E-state index contributed by atoms with van der Waals surface area (Å²) in [5, 5.41) is 13.4. The standard InChI is InChI=1S/C25H27N5O4/c1-14-19-11-23(28-17-10-21-24(27-12-17)33-8-7-30(21)15(2)31)26-13-20(19)18-6-5-16(9-22(18)34-14)25(32)29(3)4/h5-6,9-15,31H,7-8H2,1-4H3,(H,26,28). The second-order valence-corrected chi connectivity index (χ2v) is 8.67. The lowest BCUT2D eigenvalue weighted by Crippen LogP contribution is -2.39. The van der Waals surface area contributed by atoms with E-state index in [1.165, 1.54) is 0 Å². The summed E-state index contributed by atoms with van der Waals surface area (Å²) < 4.78 is 11.8. The Balaban J connectivity index is 1.44. The highest BCUT2D eigenvalue weighted by atomic mass is 16.5. The minimum Gasteiger partial charge on any atom is -0.485 e. The van der Waals surface area contributed by atoms with Crippen LogP contribution in [-0.2, 0) is 0 Å². The molecule has 2 aliphatic rings. The van der Waals surface area contributed by atoms with Gasteiger partial charge in [-0.3, -0.25) is 4.79 Å². The summed E-state index contributed by atoms with van der Waals surface area (Å²) in [6.07, 6.45) is 2.65. The van der Waals surface area contributed by atoms with E-state index in [9.17, 15) is 9.90 Å². The number of fused-ring (bicyclic) bond motifs is 4. The zero-order valence-electron chi connectivity index (χ0n) is 19.6. The van der Waals surface area contributed by atoms with Gasteiger partial charge in [0.2, 0.25) is 5.88 Å². The number of aliphatic hydroxyl groups is 1. The highest BCUT2D eigenvalue weighted by Gasteiger charge is 2.26. The van der Waals surface area contributed by atoms with Gasteiger partial charge in [-0.1, -0.05) is 0 Å². The topological polar surface area (TPSA) is 100 Å². The number of nitrogens with zero attached hydrogens (tertiary/aromatic N) is 4. The van der Waals surface area contributed by atoms with Crippen molar-refractivity contribution < 1.29 is 19.4 Å². The van der Waals surface area contributed by atoms with Crippen molar-refractivity contribution in [2.24, 2.45) is 0 Å². The number of aromatic nitrogens is 2. The van der Waals surface area contributed by atoms with Crippen molar-refractivity contribution in [2.75, 3.05) is 37.5 Å². The molecule has 9 heteroatoms. The Morgan fingerprint density at radius 3 is 2.79 bits per heavy atom. The van der Waals surface area contributed by atoms with Gasteiger partial charge in [-0.05, 0) is 44.2 Å². The van der Waals surface area contributed by atoms with Gasteiger partial charge >= 0.3 is 0 Å². The van der Waals surface area contributed by atoms with E-state index >= 15 is 0 Å². The average Bonchev–Trinajstić information content (AvgIpc) is 2.82. The fourth-order valence-electron chi connectivity index (χ4n) is 4.31. The van der Waals surface area contributed by atoms with Crippen molar-refractivity contribution in [3.8, 4) is 22.8 Å². The number of hydrogen-bond donors (Lipinski definition) is 2. The van der Waals surface area contributed by atoms with Gasteiger partial charge < -0.3 is 29.7 Å². The number of rotatable bonds is 4. The molecule has 0 bridgehead atoms. The Bertz CT molecular complexity index is 1260. The van der Waals surface area contributed by atoms with Crippen LogP contribution in [0.2, 0.25) is 0 Å². The summed E-state index contributed by atoms with van der Waals surface area (Å²) >= 11 is 0. The van der Waals surface area contributed by atoms with Crippen molar-refractivity contribution in [3.05, 3.63) is 53.9 Å². The van der Waals surface area contributed by atoms with Crippen LogP contribution in [0.15, 0.2) is 42.7 Å². The van der Waals surface area contributed by atoms with E-state index in [2.05, 4.69) is 15.3 Å². The molecule has 4 heterocycles. The smallest absolute Gasteiger partial charge is 0.253 e. The molecular formula is C25H27N5O4. The summed E-state index contributed by atoms with van der Waals surface area (Å²) in [6, 6.07) is 9.37. The first-order chi connectivity index (χ1) is 16.3. The fraction of sp³-hybridized carbons (Fsp3) is 0.320.